The molecule has 2 heterocycles. The van der Waals surface area contributed by atoms with Crippen LogP contribution in [0.25, 0.3) is 0 Å². The molecule has 0 spiro atoms. The molecule has 0 bridgehead atoms. The van der Waals surface area contributed by atoms with Gasteiger partial charge in [0.05, 0.1) is 23.7 Å². The van der Waals surface area contributed by atoms with Crippen molar-refractivity contribution in [3.63, 3.8) is 0 Å². The molecule has 1 fully saturated rings. The van der Waals surface area contributed by atoms with Crippen LogP contribution in [0.4, 0.5) is 0 Å². The van der Waals surface area contributed by atoms with Crippen LogP contribution in [-0.2, 0) is 9.84 Å². The van der Waals surface area contributed by atoms with Crippen molar-refractivity contribution in [1.82, 2.24) is 0 Å². The summed E-state index contributed by atoms with van der Waals surface area (Å²) in [5.74, 6) is -0.258. The molecular weight excluding hydrogens is 270 g/mol. The fourth-order valence-corrected chi connectivity index (χ4v) is 5.39. The molecule has 98 valence electrons. The first kappa shape index (κ1) is 13.5. The first-order valence-electron chi connectivity index (χ1n) is 5.66. The number of hydrogen-bond donors (Lipinski definition) is 1. The fraction of sp³-hybridized carbons (Fsp3) is 0.583. The summed E-state index contributed by atoms with van der Waals surface area (Å²) in [6.07, 6.45) is -0.814. The Kier molecular flexibility index (Phi) is 3.26. The first-order chi connectivity index (χ1) is 8.30. The zero-order valence-electron chi connectivity index (χ0n) is 10.3. The van der Waals surface area contributed by atoms with E-state index in [0.29, 0.717) is 5.56 Å². The van der Waals surface area contributed by atoms with E-state index in [1.54, 1.807) is 11.3 Å². The molecule has 1 aromatic heterocycles. The number of nitriles is 1. The molecule has 1 aliphatic heterocycles. The first-order valence-corrected chi connectivity index (χ1v) is 8.30. The third kappa shape index (κ3) is 2.18. The fourth-order valence-electron chi connectivity index (χ4n) is 2.46. The summed E-state index contributed by atoms with van der Waals surface area (Å²) >= 11 is 1.55. The minimum Gasteiger partial charge on any atom is -0.387 e. The maximum atomic E-state index is 11.6. The summed E-state index contributed by atoms with van der Waals surface area (Å²) in [6.45, 7) is 3.81. The Morgan fingerprint density at radius 2 is 2.22 bits per heavy atom. The van der Waals surface area contributed by atoms with Crippen molar-refractivity contribution >= 4 is 21.2 Å². The zero-order chi connectivity index (χ0) is 13.6. The minimum atomic E-state index is -3.20. The second-order valence-electron chi connectivity index (χ2n) is 4.88. The molecule has 2 atom stereocenters. The number of hydrogen-bond acceptors (Lipinski definition) is 5. The molecule has 4 nitrogen and oxygen atoms in total. The quantitative estimate of drug-likeness (QED) is 0.897. The summed E-state index contributed by atoms with van der Waals surface area (Å²) in [5.41, 5.74) is -0.493. The molecule has 2 rings (SSSR count). The van der Waals surface area contributed by atoms with Crippen LogP contribution in [0.1, 0.15) is 27.8 Å². The van der Waals surface area contributed by atoms with Crippen molar-refractivity contribution in [2.75, 3.05) is 11.5 Å². The molecule has 1 saturated heterocycles. The van der Waals surface area contributed by atoms with E-state index in [0.717, 1.165) is 9.75 Å². The van der Waals surface area contributed by atoms with Gasteiger partial charge in [-0.2, -0.15) is 5.26 Å². The summed E-state index contributed by atoms with van der Waals surface area (Å²) in [5, 5.41) is 19.7. The predicted octanol–water partition coefficient (Wildman–Crippen LogP) is 1.73. The lowest BCUT2D eigenvalue weighted by Gasteiger charge is -2.25. The van der Waals surface area contributed by atoms with Gasteiger partial charge in [0.25, 0.3) is 0 Å². The van der Waals surface area contributed by atoms with Crippen molar-refractivity contribution in [2.24, 2.45) is 5.41 Å². The van der Waals surface area contributed by atoms with Crippen molar-refractivity contribution in [3.8, 4) is 6.07 Å². The van der Waals surface area contributed by atoms with E-state index < -0.39 is 21.4 Å². The number of thiophene rings is 1. The minimum absolute atomic E-state index is 0.0141. The summed E-state index contributed by atoms with van der Waals surface area (Å²) < 4.78 is 23.1. The summed E-state index contributed by atoms with van der Waals surface area (Å²) in [6, 6.07) is 3.89. The largest absolute Gasteiger partial charge is 0.387 e. The second-order valence-corrected chi connectivity index (χ2v) is 8.53. The lowest BCUT2D eigenvalue weighted by Crippen LogP contribution is -2.29. The van der Waals surface area contributed by atoms with Crippen LogP contribution in [0.2, 0.25) is 0 Å². The number of aryl methyl sites for hydroxylation is 2. The van der Waals surface area contributed by atoms with Gasteiger partial charge in [0, 0.05) is 9.75 Å². The molecule has 18 heavy (non-hydrogen) atoms. The molecular formula is C12H15NO3S2. The molecule has 0 radical (unpaired) electrons. The van der Waals surface area contributed by atoms with E-state index in [1.807, 2.05) is 26.0 Å². The monoisotopic (exact) mass is 285 g/mol. The van der Waals surface area contributed by atoms with Gasteiger partial charge < -0.3 is 5.11 Å². The van der Waals surface area contributed by atoms with E-state index in [1.165, 1.54) is 0 Å². The van der Waals surface area contributed by atoms with E-state index in [2.05, 4.69) is 0 Å². The highest BCUT2D eigenvalue weighted by molar-refractivity contribution is 7.91. The number of rotatable bonds is 2. The highest BCUT2D eigenvalue weighted by Gasteiger charge is 2.49. The molecule has 6 heteroatoms. The maximum Gasteiger partial charge on any atom is 0.152 e. The molecule has 2 unspecified atom stereocenters. The van der Waals surface area contributed by atoms with Crippen molar-refractivity contribution < 1.29 is 13.5 Å². The van der Waals surface area contributed by atoms with Gasteiger partial charge in [0.15, 0.2) is 9.84 Å². The Hall–Kier alpha value is -0.900. The highest BCUT2D eigenvalue weighted by atomic mass is 32.2. The number of nitrogens with zero attached hydrogens (tertiary/aromatic N) is 1. The van der Waals surface area contributed by atoms with Gasteiger partial charge >= 0.3 is 0 Å². The Bertz CT molecular complexity index is 612. The lowest BCUT2D eigenvalue weighted by atomic mass is 9.80. The molecule has 0 aromatic carbocycles. The summed E-state index contributed by atoms with van der Waals surface area (Å²) in [4.78, 5) is 1.99. The molecule has 0 aliphatic carbocycles. The van der Waals surface area contributed by atoms with Gasteiger partial charge in [-0.25, -0.2) is 8.42 Å². The van der Waals surface area contributed by atoms with Gasteiger partial charge in [-0.05, 0) is 31.9 Å². The van der Waals surface area contributed by atoms with Crippen LogP contribution in [0, 0.1) is 30.6 Å². The van der Waals surface area contributed by atoms with Gasteiger partial charge in [0.1, 0.15) is 5.41 Å². The lowest BCUT2D eigenvalue weighted by molar-refractivity contribution is 0.0792. The third-order valence-electron chi connectivity index (χ3n) is 3.46. The smallest absolute Gasteiger partial charge is 0.152 e. The predicted molar refractivity (Wildman–Crippen MR) is 70.1 cm³/mol. The number of aliphatic hydroxyl groups excluding tert-OH is 1. The molecule has 1 aliphatic rings. The number of aliphatic hydroxyl groups is 1. The van der Waals surface area contributed by atoms with E-state index in [-0.39, 0.29) is 17.9 Å². The van der Waals surface area contributed by atoms with Gasteiger partial charge in [0.2, 0.25) is 0 Å². The van der Waals surface area contributed by atoms with E-state index in [4.69, 9.17) is 0 Å². The topological polar surface area (TPSA) is 78.2 Å². The average Bonchev–Trinajstić information content (AvgIpc) is 2.78. The SMILES string of the molecule is Cc1cc(C(O)C2(C#N)CCS(=O)(=O)C2)c(C)s1. The second kappa shape index (κ2) is 4.34. The van der Waals surface area contributed by atoms with Crippen molar-refractivity contribution in [2.45, 2.75) is 26.4 Å². The standard InChI is InChI=1S/C12H15NO3S2/c1-8-5-10(9(2)17-8)11(14)12(6-13)3-4-18(15,16)7-12/h5,11,14H,3-4,7H2,1-2H3. The van der Waals surface area contributed by atoms with Gasteiger partial charge in [-0.15, -0.1) is 11.3 Å². The van der Waals surface area contributed by atoms with Crippen LogP contribution in [0.5, 0.6) is 0 Å². The van der Waals surface area contributed by atoms with Crippen molar-refractivity contribution in [1.29, 1.82) is 5.26 Å². The van der Waals surface area contributed by atoms with Crippen LogP contribution in [0.3, 0.4) is 0 Å². The Morgan fingerprint density at radius 1 is 1.56 bits per heavy atom. The van der Waals surface area contributed by atoms with Crippen LogP contribution >= 0.6 is 11.3 Å². The molecule has 0 amide bonds. The van der Waals surface area contributed by atoms with Crippen LogP contribution in [0.15, 0.2) is 6.07 Å². The zero-order valence-corrected chi connectivity index (χ0v) is 11.9. The molecule has 1 aromatic rings. The van der Waals surface area contributed by atoms with Gasteiger partial charge in [-0.1, -0.05) is 0 Å². The number of sulfone groups is 1. The van der Waals surface area contributed by atoms with Crippen molar-refractivity contribution in [3.05, 3.63) is 21.4 Å². The van der Waals surface area contributed by atoms with E-state index in [9.17, 15) is 18.8 Å². The maximum absolute atomic E-state index is 11.6. The van der Waals surface area contributed by atoms with Gasteiger partial charge in [-0.3, -0.25) is 0 Å². The van der Waals surface area contributed by atoms with Crippen LogP contribution in [-0.4, -0.2) is 25.0 Å². The Labute approximate surface area is 111 Å². The molecule has 0 saturated carbocycles. The third-order valence-corrected chi connectivity index (χ3v) is 6.22. The van der Waals surface area contributed by atoms with Crippen LogP contribution < -0.4 is 0 Å². The Morgan fingerprint density at radius 3 is 2.61 bits per heavy atom. The van der Waals surface area contributed by atoms with E-state index >= 15 is 0 Å². The highest BCUT2D eigenvalue weighted by Crippen LogP contribution is 2.44. The average molecular weight is 285 g/mol. The summed E-state index contributed by atoms with van der Waals surface area (Å²) in [7, 11) is -3.20. The Balaban J connectivity index is 2.42. The normalized spacial score (nSPS) is 27.9. The molecule has 1 N–H and O–H groups in total.